The molecule has 2 rings (SSSR count). The molecule has 1 aromatic heterocycles. The maximum Gasteiger partial charge on any atom is 0.244 e. The van der Waals surface area contributed by atoms with Gasteiger partial charge in [-0.05, 0) is 25.1 Å². The highest BCUT2D eigenvalue weighted by molar-refractivity contribution is 5.84. The highest BCUT2D eigenvalue weighted by Gasteiger charge is 2.19. The number of anilines is 1. The number of nitrogens with one attached hydrogen (secondary N) is 1. The monoisotopic (exact) mass is 259 g/mol. The van der Waals surface area contributed by atoms with Crippen LogP contribution in [0, 0.1) is 12.7 Å². The molecule has 1 unspecified atom stereocenters. The number of carbonyl (C=O) groups is 1. The predicted octanol–water partition coefficient (Wildman–Crippen LogP) is 2.17. The highest BCUT2D eigenvalue weighted by atomic mass is 19.1. The third kappa shape index (κ3) is 3.07. The summed E-state index contributed by atoms with van der Waals surface area (Å²) in [5.41, 5.74) is 7.01. The van der Waals surface area contributed by atoms with Gasteiger partial charge in [0.25, 0.3) is 0 Å². The van der Waals surface area contributed by atoms with E-state index in [-0.39, 0.29) is 5.69 Å². The predicted molar refractivity (Wildman–Crippen MR) is 70.9 cm³/mol. The third-order valence-electron chi connectivity index (χ3n) is 2.73. The summed E-state index contributed by atoms with van der Waals surface area (Å²) < 4.78 is 13.6. The molecule has 1 aromatic carbocycles. The van der Waals surface area contributed by atoms with Crippen LogP contribution in [0.2, 0.25) is 0 Å². The lowest BCUT2D eigenvalue weighted by molar-refractivity contribution is -0.118. The van der Waals surface area contributed by atoms with Gasteiger partial charge in [-0.15, -0.1) is 0 Å². The molecule has 3 N–H and O–H groups in total. The Hall–Kier alpha value is -2.43. The molecule has 1 atom stereocenters. The molecule has 2 aromatic rings. The van der Waals surface area contributed by atoms with Gasteiger partial charge in [-0.2, -0.15) is 0 Å². The number of carbonyl (C=O) groups excluding carboxylic acids is 1. The molecule has 0 fully saturated rings. The van der Waals surface area contributed by atoms with E-state index in [1.54, 1.807) is 36.5 Å². The van der Waals surface area contributed by atoms with Crippen molar-refractivity contribution in [3.8, 4) is 0 Å². The van der Waals surface area contributed by atoms with Crippen LogP contribution in [0.4, 0.5) is 10.1 Å². The summed E-state index contributed by atoms with van der Waals surface area (Å²) in [4.78, 5) is 15.6. The van der Waals surface area contributed by atoms with Gasteiger partial charge >= 0.3 is 0 Å². The van der Waals surface area contributed by atoms with Crippen LogP contribution in [-0.2, 0) is 4.79 Å². The molecule has 1 amide bonds. The zero-order valence-corrected chi connectivity index (χ0v) is 10.4. The van der Waals surface area contributed by atoms with Crippen molar-refractivity contribution in [2.24, 2.45) is 5.73 Å². The number of hydrogen-bond acceptors (Lipinski definition) is 3. The van der Waals surface area contributed by atoms with Crippen LogP contribution in [-0.4, -0.2) is 10.9 Å². The summed E-state index contributed by atoms with van der Waals surface area (Å²) >= 11 is 0. The number of hydrogen-bond donors (Lipinski definition) is 2. The number of benzene rings is 1. The maximum atomic E-state index is 13.6. The molecule has 0 bridgehead atoms. The zero-order valence-electron chi connectivity index (χ0n) is 10.4. The van der Waals surface area contributed by atoms with Gasteiger partial charge in [0.15, 0.2) is 0 Å². The number of rotatable bonds is 4. The summed E-state index contributed by atoms with van der Waals surface area (Å²) in [5, 5.41) is 2.79. The van der Waals surface area contributed by atoms with E-state index in [2.05, 4.69) is 10.3 Å². The van der Waals surface area contributed by atoms with Crippen molar-refractivity contribution in [1.82, 2.24) is 4.98 Å². The topological polar surface area (TPSA) is 68.0 Å². The lowest BCUT2D eigenvalue weighted by Gasteiger charge is -2.17. The van der Waals surface area contributed by atoms with Crippen LogP contribution in [0.1, 0.15) is 17.3 Å². The largest absolute Gasteiger partial charge is 0.368 e. The summed E-state index contributed by atoms with van der Waals surface area (Å²) in [7, 11) is 0. The molecule has 4 nitrogen and oxygen atoms in total. The van der Waals surface area contributed by atoms with Gasteiger partial charge < -0.3 is 11.1 Å². The smallest absolute Gasteiger partial charge is 0.244 e. The van der Waals surface area contributed by atoms with E-state index in [0.717, 1.165) is 5.69 Å². The summed E-state index contributed by atoms with van der Waals surface area (Å²) in [5.74, 6) is -1.03. The minimum atomic E-state index is -0.815. The minimum Gasteiger partial charge on any atom is -0.368 e. The van der Waals surface area contributed by atoms with E-state index in [0.29, 0.717) is 5.56 Å². The van der Waals surface area contributed by atoms with E-state index in [9.17, 15) is 9.18 Å². The van der Waals surface area contributed by atoms with Gasteiger partial charge in [0.05, 0.1) is 5.69 Å². The van der Waals surface area contributed by atoms with Crippen LogP contribution >= 0.6 is 0 Å². The number of pyridine rings is 1. The van der Waals surface area contributed by atoms with Crippen molar-refractivity contribution in [3.63, 3.8) is 0 Å². The Bertz CT molecular complexity index is 583. The van der Waals surface area contributed by atoms with Crippen molar-refractivity contribution in [2.75, 3.05) is 5.32 Å². The van der Waals surface area contributed by atoms with Crippen molar-refractivity contribution in [2.45, 2.75) is 13.0 Å². The molecule has 0 spiro atoms. The molecule has 0 radical (unpaired) electrons. The number of amides is 1. The van der Waals surface area contributed by atoms with E-state index >= 15 is 0 Å². The van der Waals surface area contributed by atoms with Gasteiger partial charge in [0.2, 0.25) is 5.91 Å². The first-order chi connectivity index (χ1) is 9.08. The molecule has 98 valence electrons. The maximum absolute atomic E-state index is 13.6. The van der Waals surface area contributed by atoms with E-state index < -0.39 is 17.8 Å². The first kappa shape index (κ1) is 13.0. The summed E-state index contributed by atoms with van der Waals surface area (Å²) in [6.07, 6.45) is 1.55. The van der Waals surface area contributed by atoms with Gasteiger partial charge in [-0.3, -0.25) is 9.78 Å². The Morgan fingerprint density at radius 3 is 2.63 bits per heavy atom. The Morgan fingerprint density at radius 1 is 1.32 bits per heavy atom. The van der Waals surface area contributed by atoms with Crippen molar-refractivity contribution < 1.29 is 9.18 Å². The van der Waals surface area contributed by atoms with Crippen LogP contribution in [0.25, 0.3) is 0 Å². The van der Waals surface area contributed by atoms with E-state index in [4.69, 9.17) is 5.73 Å². The fraction of sp³-hybridized carbons (Fsp3) is 0.143. The van der Waals surface area contributed by atoms with Crippen LogP contribution in [0.5, 0.6) is 0 Å². The molecular formula is C14H14FN3O. The number of nitrogens with two attached hydrogens (primary N) is 1. The molecule has 0 aliphatic carbocycles. The van der Waals surface area contributed by atoms with Gasteiger partial charge in [0.1, 0.15) is 11.9 Å². The number of primary amides is 1. The van der Waals surface area contributed by atoms with Gasteiger partial charge in [-0.1, -0.05) is 18.2 Å². The van der Waals surface area contributed by atoms with Crippen molar-refractivity contribution in [3.05, 3.63) is 59.7 Å². The fourth-order valence-electron chi connectivity index (χ4n) is 1.70. The average Bonchev–Trinajstić information content (AvgIpc) is 2.39. The number of para-hydroxylation sites is 1. The fourth-order valence-corrected chi connectivity index (χ4v) is 1.70. The second-order valence-electron chi connectivity index (χ2n) is 4.19. The van der Waals surface area contributed by atoms with Crippen LogP contribution in [0.15, 0.2) is 42.6 Å². The Morgan fingerprint density at radius 2 is 2.05 bits per heavy atom. The Kier molecular flexibility index (Phi) is 3.75. The Labute approximate surface area is 110 Å². The first-order valence-corrected chi connectivity index (χ1v) is 5.81. The first-order valence-electron chi connectivity index (χ1n) is 5.81. The molecular weight excluding hydrogens is 245 g/mol. The second kappa shape index (κ2) is 5.48. The second-order valence-corrected chi connectivity index (χ2v) is 4.19. The molecule has 0 saturated carbocycles. The summed E-state index contributed by atoms with van der Waals surface area (Å²) in [6.45, 7) is 1.84. The molecule has 5 heteroatoms. The quantitative estimate of drug-likeness (QED) is 0.884. The average molecular weight is 259 g/mol. The van der Waals surface area contributed by atoms with Crippen molar-refractivity contribution >= 4 is 11.6 Å². The molecule has 0 aliphatic heterocycles. The van der Waals surface area contributed by atoms with E-state index in [1.807, 2.05) is 6.92 Å². The molecule has 19 heavy (non-hydrogen) atoms. The normalized spacial score (nSPS) is 11.9. The zero-order chi connectivity index (χ0) is 13.8. The standard InChI is InChI=1S/C14H14FN3O/c1-9-6-7-10(8-17-9)13(14(16)19)18-12-5-3-2-4-11(12)15/h2-8,13,18H,1H3,(H2,16,19). The van der Waals surface area contributed by atoms with Gasteiger partial charge in [-0.25, -0.2) is 4.39 Å². The van der Waals surface area contributed by atoms with Gasteiger partial charge in [0, 0.05) is 17.5 Å². The molecule has 1 heterocycles. The minimum absolute atomic E-state index is 0.229. The summed E-state index contributed by atoms with van der Waals surface area (Å²) in [6, 6.07) is 8.81. The third-order valence-corrected chi connectivity index (χ3v) is 2.73. The molecule has 0 saturated heterocycles. The number of nitrogens with zero attached hydrogens (tertiary/aromatic N) is 1. The highest BCUT2D eigenvalue weighted by Crippen LogP contribution is 2.21. The number of halogens is 1. The Balaban J connectivity index is 2.29. The SMILES string of the molecule is Cc1ccc(C(Nc2ccccc2F)C(N)=O)cn1. The van der Waals surface area contributed by atoms with E-state index in [1.165, 1.54) is 6.07 Å². The number of aryl methyl sites for hydroxylation is 1. The lowest BCUT2D eigenvalue weighted by Crippen LogP contribution is -2.28. The van der Waals surface area contributed by atoms with Crippen LogP contribution < -0.4 is 11.1 Å². The van der Waals surface area contributed by atoms with Crippen molar-refractivity contribution in [1.29, 1.82) is 0 Å². The number of aromatic nitrogens is 1. The molecule has 0 aliphatic rings. The lowest BCUT2D eigenvalue weighted by atomic mass is 10.1. The van der Waals surface area contributed by atoms with Crippen LogP contribution in [0.3, 0.4) is 0 Å².